The molecule has 0 amide bonds. The SMILES string of the molecule is Oc1cccc(-c2nc(-c3ccc4ccccc4c3)nc(-c3ccc4ccccc4c3)n2)c1-c1cccc(-c2cccc3oc4ccccc4c23)c1. The highest BCUT2D eigenvalue weighted by Crippen LogP contribution is 2.42. The van der Waals surface area contributed by atoms with Gasteiger partial charge in [0.25, 0.3) is 0 Å². The lowest BCUT2D eigenvalue weighted by Gasteiger charge is -2.15. The van der Waals surface area contributed by atoms with Crippen molar-refractivity contribution in [2.75, 3.05) is 0 Å². The van der Waals surface area contributed by atoms with E-state index < -0.39 is 0 Å². The number of para-hydroxylation sites is 1. The number of hydrogen-bond acceptors (Lipinski definition) is 5. The number of hydrogen-bond donors (Lipinski definition) is 1. The van der Waals surface area contributed by atoms with E-state index in [9.17, 15) is 5.11 Å². The van der Waals surface area contributed by atoms with Crippen molar-refractivity contribution in [3.8, 4) is 62.2 Å². The summed E-state index contributed by atoms with van der Waals surface area (Å²) in [4.78, 5) is 15.2. The van der Waals surface area contributed by atoms with Crippen LogP contribution in [0.3, 0.4) is 0 Å². The van der Waals surface area contributed by atoms with Crippen LogP contribution in [0.5, 0.6) is 5.75 Å². The number of furan rings is 1. The van der Waals surface area contributed by atoms with Crippen molar-refractivity contribution >= 4 is 43.5 Å². The monoisotopic (exact) mass is 667 g/mol. The number of benzene rings is 8. The molecular formula is C47H29N3O2. The summed E-state index contributed by atoms with van der Waals surface area (Å²) in [5.74, 6) is 1.73. The molecule has 52 heavy (non-hydrogen) atoms. The summed E-state index contributed by atoms with van der Waals surface area (Å²) in [7, 11) is 0. The number of phenols is 1. The summed E-state index contributed by atoms with van der Waals surface area (Å²) in [6, 6.07) is 57.1. The molecule has 10 rings (SSSR count). The highest BCUT2D eigenvalue weighted by Gasteiger charge is 2.20. The fourth-order valence-corrected chi connectivity index (χ4v) is 7.30. The lowest BCUT2D eigenvalue weighted by atomic mass is 9.93. The molecule has 1 N–H and O–H groups in total. The average Bonchev–Trinajstić information content (AvgIpc) is 3.59. The van der Waals surface area contributed by atoms with Gasteiger partial charge in [-0.05, 0) is 74.6 Å². The first kappa shape index (κ1) is 29.8. The van der Waals surface area contributed by atoms with Gasteiger partial charge in [0.15, 0.2) is 17.5 Å². The molecule has 0 spiro atoms. The van der Waals surface area contributed by atoms with Gasteiger partial charge in [0.1, 0.15) is 16.9 Å². The second-order valence-corrected chi connectivity index (χ2v) is 13.0. The number of aromatic hydroxyl groups is 1. The Hall–Kier alpha value is -7.11. The van der Waals surface area contributed by atoms with Gasteiger partial charge in [-0.25, -0.2) is 15.0 Å². The Labute approximate surface area is 299 Å². The molecule has 0 bridgehead atoms. The lowest BCUT2D eigenvalue weighted by molar-refractivity contribution is 0.477. The quantitative estimate of drug-likeness (QED) is 0.198. The van der Waals surface area contributed by atoms with Gasteiger partial charge in [0.2, 0.25) is 0 Å². The molecule has 5 heteroatoms. The topological polar surface area (TPSA) is 72.0 Å². The van der Waals surface area contributed by atoms with Gasteiger partial charge in [-0.2, -0.15) is 0 Å². The molecule has 0 unspecified atom stereocenters. The van der Waals surface area contributed by atoms with E-state index in [1.807, 2.05) is 78.9 Å². The van der Waals surface area contributed by atoms with Crippen LogP contribution < -0.4 is 0 Å². The first-order chi connectivity index (χ1) is 25.7. The molecule has 0 atom stereocenters. The molecule has 10 aromatic rings. The highest BCUT2D eigenvalue weighted by atomic mass is 16.3. The van der Waals surface area contributed by atoms with Crippen molar-refractivity contribution in [3.05, 3.63) is 170 Å². The third-order valence-corrected chi connectivity index (χ3v) is 9.80. The van der Waals surface area contributed by atoms with E-state index in [1.165, 1.54) is 0 Å². The van der Waals surface area contributed by atoms with Gasteiger partial charge in [-0.15, -0.1) is 0 Å². The lowest BCUT2D eigenvalue weighted by Crippen LogP contribution is -2.01. The zero-order chi connectivity index (χ0) is 34.6. The molecule has 0 fully saturated rings. The molecule has 0 aliphatic heterocycles. The largest absolute Gasteiger partial charge is 0.507 e. The zero-order valence-electron chi connectivity index (χ0n) is 27.9. The second kappa shape index (κ2) is 12.0. The molecule has 0 saturated carbocycles. The molecule has 2 heterocycles. The molecule has 2 aromatic heterocycles. The van der Waals surface area contributed by atoms with Gasteiger partial charge >= 0.3 is 0 Å². The summed E-state index contributed by atoms with van der Waals surface area (Å²) in [6.45, 7) is 0. The van der Waals surface area contributed by atoms with Crippen molar-refractivity contribution in [1.29, 1.82) is 0 Å². The Morgan fingerprint density at radius 1 is 0.385 bits per heavy atom. The van der Waals surface area contributed by atoms with Crippen molar-refractivity contribution in [2.45, 2.75) is 0 Å². The fraction of sp³-hybridized carbons (Fsp3) is 0. The van der Waals surface area contributed by atoms with E-state index in [-0.39, 0.29) is 5.75 Å². The maximum absolute atomic E-state index is 11.6. The van der Waals surface area contributed by atoms with Gasteiger partial charge in [-0.1, -0.05) is 133 Å². The highest BCUT2D eigenvalue weighted by molar-refractivity contribution is 6.12. The third kappa shape index (κ3) is 5.07. The van der Waals surface area contributed by atoms with Crippen LogP contribution in [0.15, 0.2) is 174 Å². The Morgan fingerprint density at radius 2 is 0.942 bits per heavy atom. The Kier molecular flexibility index (Phi) is 6.89. The number of fused-ring (bicyclic) bond motifs is 5. The van der Waals surface area contributed by atoms with Gasteiger partial charge in [0.05, 0.1) is 0 Å². The van der Waals surface area contributed by atoms with Crippen LogP contribution in [0.25, 0.3) is 99.9 Å². The van der Waals surface area contributed by atoms with Crippen LogP contribution in [0.2, 0.25) is 0 Å². The molecule has 244 valence electrons. The predicted octanol–water partition coefficient (Wildman–Crippen LogP) is 12.1. The maximum Gasteiger partial charge on any atom is 0.164 e. The Balaban J connectivity index is 1.17. The molecule has 0 saturated heterocycles. The van der Waals surface area contributed by atoms with E-state index in [0.717, 1.165) is 71.3 Å². The minimum Gasteiger partial charge on any atom is -0.507 e. The second-order valence-electron chi connectivity index (χ2n) is 13.0. The molecule has 0 aliphatic carbocycles. The van der Waals surface area contributed by atoms with Crippen LogP contribution in [0.1, 0.15) is 0 Å². The third-order valence-electron chi connectivity index (χ3n) is 9.80. The van der Waals surface area contributed by atoms with E-state index in [2.05, 4.69) is 84.9 Å². The van der Waals surface area contributed by atoms with E-state index in [4.69, 9.17) is 19.4 Å². The average molecular weight is 668 g/mol. The van der Waals surface area contributed by atoms with E-state index in [1.54, 1.807) is 6.07 Å². The van der Waals surface area contributed by atoms with E-state index in [0.29, 0.717) is 28.6 Å². The van der Waals surface area contributed by atoms with Gasteiger partial charge < -0.3 is 9.52 Å². The van der Waals surface area contributed by atoms with Crippen molar-refractivity contribution < 1.29 is 9.52 Å². The zero-order valence-corrected chi connectivity index (χ0v) is 27.9. The molecule has 0 radical (unpaired) electrons. The molecule has 8 aromatic carbocycles. The van der Waals surface area contributed by atoms with Gasteiger partial charge in [-0.3, -0.25) is 0 Å². The number of nitrogens with zero attached hydrogens (tertiary/aromatic N) is 3. The Bertz CT molecular complexity index is 2900. The number of phenolic OH excluding ortho intramolecular Hbond substituents is 1. The van der Waals surface area contributed by atoms with Crippen LogP contribution >= 0.6 is 0 Å². The van der Waals surface area contributed by atoms with Crippen molar-refractivity contribution in [2.24, 2.45) is 0 Å². The number of rotatable bonds is 5. The van der Waals surface area contributed by atoms with Crippen molar-refractivity contribution in [3.63, 3.8) is 0 Å². The smallest absolute Gasteiger partial charge is 0.164 e. The van der Waals surface area contributed by atoms with Crippen LogP contribution in [0.4, 0.5) is 0 Å². The minimum absolute atomic E-state index is 0.140. The number of aromatic nitrogens is 3. The van der Waals surface area contributed by atoms with Crippen LogP contribution in [-0.2, 0) is 0 Å². The normalized spacial score (nSPS) is 11.5. The van der Waals surface area contributed by atoms with Gasteiger partial charge in [0, 0.05) is 33.0 Å². The summed E-state index contributed by atoms with van der Waals surface area (Å²) in [5, 5.41) is 18.2. The maximum atomic E-state index is 11.6. The summed E-state index contributed by atoms with van der Waals surface area (Å²) in [6.07, 6.45) is 0. The summed E-state index contributed by atoms with van der Waals surface area (Å²) < 4.78 is 6.21. The molecule has 0 aliphatic rings. The first-order valence-electron chi connectivity index (χ1n) is 17.2. The van der Waals surface area contributed by atoms with Crippen LogP contribution in [-0.4, -0.2) is 20.1 Å². The molecular weight excluding hydrogens is 639 g/mol. The van der Waals surface area contributed by atoms with E-state index >= 15 is 0 Å². The molecule has 5 nitrogen and oxygen atoms in total. The Morgan fingerprint density at radius 3 is 1.67 bits per heavy atom. The summed E-state index contributed by atoms with van der Waals surface area (Å²) in [5.41, 5.74) is 7.71. The van der Waals surface area contributed by atoms with Crippen molar-refractivity contribution in [1.82, 2.24) is 15.0 Å². The standard InChI is InChI=1S/C47H29N3O2/c51-40-19-8-18-39(43(40)34-15-7-14-33(28-34)37-17-9-21-42-44(37)38-16-5-6-20-41(38)52-42)47-49-45(35-24-22-29-10-1-3-12-31(29)26-35)48-46(50-47)36-25-23-30-11-2-4-13-32(30)27-36/h1-28,51H. The summed E-state index contributed by atoms with van der Waals surface area (Å²) >= 11 is 0. The fourth-order valence-electron chi connectivity index (χ4n) is 7.30. The minimum atomic E-state index is 0.140. The first-order valence-corrected chi connectivity index (χ1v) is 17.2. The predicted molar refractivity (Wildman–Crippen MR) is 211 cm³/mol. The van der Waals surface area contributed by atoms with Crippen LogP contribution in [0, 0.1) is 0 Å².